The molecule has 8 nitrogen and oxygen atoms in total. The molecule has 0 aliphatic rings. The first kappa shape index (κ1) is 22.7. The zero-order valence-electron chi connectivity index (χ0n) is 18.9. The van der Waals surface area contributed by atoms with Crippen molar-refractivity contribution < 1.29 is 18.7 Å². The van der Waals surface area contributed by atoms with Crippen LogP contribution in [0.3, 0.4) is 0 Å². The first-order valence-corrected chi connectivity index (χ1v) is 10.8. The minimum Gasteiger partial charge on any atom is -0.497 e. The summed E-state index contributed by atoms with van der Waals surface area (Å²) in [5.74, 6) is 0.802. The molecule has 172 valence electrons. The summed E-state index contributed by atoms with van der Waals surface area (Å²) in [5.41, 5.74) is 3.31. The number of nitrogens with zero attached hydrogens (tertiary/aromatic N) is 2. The van der Waals surface area contributed by atoms with Gasteiger partial charge in [-0.3, -0.25) is 9.59 Å². The van der Waals surface area contributed by atoms with Gasteiger partial charge in [-0.25, -0.2) is 0 Å². The lowest BCUT2D eigenvalue weighted by Gasteiger charge is -2.12. The number of para-hydroxylation sites is 1. The van der Waals surface area contributed by atoms with Crippen molar-refractivity contribution in [3.05, 3.63) is 89.8 Å². The molecule has 0 fully saturated rings. The Bertz CT molecular complexity index is 1300. The van der Waals surface area contributed by atoms with E-state index in [-0.39, 0.29) is 24.7 Å². The van der Waals surface area contributed by atoms with Crippen LogP contribution >= 0.6 is 0 Å². The van der Waals surface area contributed by atoms with Gasteiger partial charge in [0.1, 0.15) is 5.75 Å². The van der Waals surface area contributed by atoms with Gasteiger partial charge in [0, 0.05) is 30.2 Å². The molecule has 0 unspecified atom stereocenters. The summed E-state index contributed by atoms with van der Waals surface area (Å²) < 4.78 is 10.9. The molecule has 34 heavy (non-hydrogen) atoms. The van der Waals surface area contributed by atoms with Crippen molar-refractivity contribution in [2.45, 2.75) is 19.8 Å². The fraction of sp³-hybridized carbons (Fsp3) is 0.154. The molecular formula is C26H24N4O4. The Kier molecular flexibility index (Phi) is 6.98. The number of hydrogen-bond acceptors (Lipinski definition) is 6. The van der Waals surface area contributed by atoms with Crippen LogP contribution in [0.2, 0.25) is 0 Å². The Morgan fingerprint density at radius 3 is 2.53 bits per heavy atom. The van der Waals surface area contributed by atoms with Crippen molar-refractivity contribution >= 4 is 23.2 Å². The molecule has 0 bridgehead atoms. The normalized spacial score (nSPS) is 10.5. The van der Waals surface area contributed by atoms with Crippen LogP contribution < -0.4 is 15.4 Å². The van der Waals surface area contributed by atoms with Gasteiger partial charge in [0.25, 0.3) is 5.91 Å². The average molecular weight is 457 g/mol. The van der Waals surface area contributed by atoms with Crippen LogP contribution in [0.25, 0.3) is 11.5 Å². The molecule has 8 heteroatoms. The summed E-state index contributed by atoms with van der Waals surface area (Å²) >= 11 is 0. The van der Waals surface area contributed by atoms with Crippen LogP contribution in [0.5, 0.6) is 5.75 Å². The number of anilines is 2. The van der Waals surface area contributed by atoms with Gasteiger partial charge in [-0.2, -0.15) is 0 Å². The smallest absolute Gasteiger partial charge is 0.257 e. The molecule has 0 aliphatic heterocycles. The number of aryl methyl sites for hydroxylation is 2. The second-order valence-electron chi connectivity index (χ2n) is 7.65. The van der Waals surface area contributed by atoms with Crippen molar-refractivity contribution in [2.75, 3.05) is 17.7 Å². The molecule has 1 heterocycles. The van der Waals surface area contributed by atoms with E-state index in [4.69, 9.17) is 9.15 Å². The third-order valence-electron chi connectivity index (χ3n) is 5.10. The van der Waals surface area contributed by atoms with Crippen LogP contribution in [0.1, 0.15) is 28.2 Å². The first-order chi connectivity index (χ1) is 16.5. The van der Waals surface area contributed by atoms with Crippen molar-refractivity contribution in [3.63, 3.8) is 0 Å². The van der Waals surface area contributed by atoms with Gasteiger partial charge < -0.3 is 19.8 Å². The molecule has 0 radical (unpaired) electrons. The van der Waals surface area contributed by atoms with E-state index in [1.54, 1.807) is 55.6 Å². The van der Waals surface area contributed by atoms with Gasteiger partial charge in [-0.1, -0.05) is 35.9 Å². The molecule has 1 aromatic heterocycles. The molecule has 0 saturated heterocycles. The van der Waals surface area contributed by atoms with Crippen molar-refractivity contribution in [1.82, 2.24) is 10.2 Å². The van der Waals surface area contributed by atoms with E-state index in [9.17, 15) is 9.59 Å². The number of rotatable bonds is 8. The van der Waals surface area contributed by atoms with Gasteiger partial charge >= 0.3 is 0 Å². The fourth-order valence-corrected chi connectivity index (χ4v) is 3.29. The summed E-state index contributed by atoms with van der Waals surface area (Å²) in [4.78, 5) is 25.4. The molecule has 0 aliphatic carbocycles. The highest BCUT2D eigenvalue weighted by atomic mass is 16.5. The molecule has 0 saturated carbocycles. The summed E-state index contributed by atoms with van der Waals surface area (Å²) in [6.07, 6.45) is 0.407. The van der Waals surface area contributed by atoms with Crippen molar-refractivity contribution in [1.29, 1.82) is 0 Å². The van der Waals surface area contributed by atoms with Gasteiger partial charge in [0.05, 0.1) is 18.4 Å². The molecule has 4 aromatic rings. The Labute approximate surface area is 197 Å². The topological polar surface area (TPSA) is 106 Å². The lowest BCUT2D eigenvalue weighted by atomic mass is 10.1. The monoisotopic (exact) mass is 456 g/mol. The Balaban J connectivity index is 1.37. The summed E-state index contributed by atoms with van der Waals surface area (Å²) in [5, 5.41) is 13.7. The van der Waals surface area contributed by atoms with E-state index in [0.29, 0.717) is 34.5 Å². The van der Waals surface area contributed by atoms with E-state index in [0.717, 1.165) is 11.1 Å². The lowest BCUT2D eigenvalue weighted by molar-refractivity contribution is -0.116. The first-order valence-electron chi connectivity index (χ1n) is 10.8. The number of benzene rings is 3. The number of carbonyl (C=O) groups is 2. The highest BCUT2D eigenvalue weighted by molar-refractivity contribution is 6.10. The minimum atomic E-state index is -0.344. The molecule has 2 N–H and O–H groups in total. The van der Waals surface area contributed by atoms with Crippen LogP contribution in [-0.4, -0.2) is 29.1 Å². The van der Waals surface area contributed by atoms with Crippen LogP contribution in [0, 0.1) is 6.92 Å². The number of methoxy groups -OCH3 is 1. The molecule has 2 amide bonds. The number of hydrogen-bond donors (Lipinski definition) is 2. The largest absolute Gasteiger partial charge is 0.497 e. The van der Waals surface area contributed by atoms with Crippen LogP contribution in [0.4, 0.5) is 11.4 Å². The van der Waals surface area contributed by atoms with E-state index < -0.39 is 0 Å². The molecule has 0 atom stereocenters. The van der Waals surface area contributed by atoms with E-state index in [2.05, 4.69) is 20.8 Å². The van der Waals surface area contributed by atoms with E-state index in [1.807, 2.05) is 31.2 Å². The minimum absolute atomic E-state index is 0.126. The Hall–Kier alpha value is -4.46. The van der Waals surface area contributed by atoms with Gasteiger partial charge in [0.2, 0.25) is 17.7 Å². The van der Waals surface area contributed by atoms with Crippen LogP contribution in [-0.2, 0) is 11.2 Å². The fourth-order valence-electron chi connectivity index (χ4n) is 3.29. The van der Waals surface area contributed by atoms with E-state index >= 15 is 0 Å². The van der Waals surface area contributed by atoms with Crippen LogP contribution in [0.15, 0.2) is 77.2 Å². The second kappa shape index (κ2) is 10.4. The molecule has 0 spiro atoms. The average Bonchev–Trinajstić information content (AvgIpc) is 3.33. The van der Waals surface area contributed by atoms with E-state index in [1.165, 1.54) is 0 Å². The Morgan fingerprint density at radius 1 is 0.941 bits per heavy atom. The third kappa shape index (κ3) is 5.66. The number of ether oxygens (including phenoxy) is 1. The highest BCUT2D eigenvalue weighted by Crippen LogP contribution is 2.22. The standard InChI is InChI=1S/C26H24N4O4/c1-17-10-12-18(13-11-17)26-30-29-24(34-26)15-14-23(31)28-22-9-4-3-8-21(22)25(32)27-19-6-5-7-20(16-19)33-2/h3-13,16H,14-15H2,1-2H3,(H,27,32)(H,28,31). The van der Waals surface area contributed by atoms with Gasteiger partial charge in [-0.15, -0.1) is 10.2 Å². The number of amides is 2. The predicted molar refractivity (Wildman–Crippen MR) is 129 cm³/mol. The maximum absolute atomic E-state index is 12.8. The number of nitrogens with one attached hydrogen (secondary N) is 2. The van der Waals surface area contributed by atoms with Crippen molar-refractivity contribution in [2.24, 2.45) is 0 Å². The molecule has 4 rings (SSSR count). The number of carbonyl (C=O) groups excluding carboxylic acids is 2. The maximum atomic E-state index is 12.8. The zero-order chi connectivity index (χ0) is 23.9. The summed E-state index contributed by atoms with van der Waals surface area (Å²) in [6, 6.07) is 21.6. The summed E-state index contributed by atoms with van der Waals surface area (Å²) in [6.45, 7) is 2.00. The quantitative estimate of drug-likeness (QED) is 0.392. The maximum Gasteiger partial charge on any atom is 0.257 e. The third-order valence-corrected chi connectivity index (χ3v) is 5.10. The highest BCUT2D eigenvalue weighted by Gasteiger charge is 2.15. The Morgan fingerprint density at radius 2 is 1.74 bits per heavy atom. The predicted octanol–water partition coefficient (Wildman–Crippen LogP) is 4.88. The molecular weight excluding hydrogens is 432 g/mol. The second-order valence-corrected chi connectivity index (χ2v) is 7.65. The molecule has 3 aromatic carbocycles. The van der Waals surface area contributed by atoms with Crippen molar-refractivity contribution in [3.8, 4) is 17.2 Å². The zero-order valence-corrected chi connectivity index (χ0v) is 18.9. The lowest BCUT2D eigenvalue weighted by Crippen LogP contribution is -2.18. The summed E-state index contributed by atoms with van der Waals surface area (Å²) in [7, 11) is 1.56. The number of aromatic nitrogens is 2. The van der Waals surface area contributed by atoms with Gasteiger partial charge in [-0.05, 0) is 43.3 Å². The SMILES string of the molecule is COc1cccc(NC(=O)c2ccccc2NC(=O)CCc2nnc(-c3ccc(C)cc3)o2)c1. The van der Waals surface area contributed by atoms with Gasteiger partial charge in [0.15, 0.2) is 0 Å².